The number of hydrogen-bond acceptors (Lipinski definition) is 4. The number of aromatic nitrogens is 1. The van der Waals surface area contributed by atoms with Crippen LogP contribution in [-0.4, -0.2) is 10.9 Å². The summed E-state index contributed by atoms with van der Waals surface area (Å²) in [6.45, 7) is 3.82. The minimum absolute atomic E-state index is 0.0881. The Morgan fingerprint density at radius 3 is 2.87 bits per heavy atom. The van der Waals surface area contributed by atoms with E-state index in [1.807, 2.05) is 43.3 Å². The molecule has 0 aliphatic rings. The minimum atomic E-state index is -0.0881. The van der Waals surface area contributed by atoms with E-state index in [4.69, 9.17) is 16.3 Å². The van der Waals surface area contributed by atoms with Crippen molar-refractivity contribution >= 4 is 44.7 Å². The number of benzene rings is 2. The maximum Gasteiger partial charge on any atom is 0.221 e. The van der Waals surface area contributed by atoms with E-state index in [0.717, 1.165) is 32.2 Å². The Kier molecular flexibility index (Phi) is 4.50. The third-order valence-electron chi connectivity index (χ3n) is 3.26. The number of nitrogens with one attached hydrogen (secondary N) is 1. The quantitative estimate of drug-likeness (QED) is 0.738. The number of nitrogens with zero attached hydrogens (tertiary/aromatic N) is 1. The van der Waals surface area contributed by atoms with Crippen molar-refractivity contribution < 1.29 is 9.53 Å². The van der Waals surface area contributed by atoms with Gasteiger partial charge in [-0.05, 0) is 48.9 Å². The molecule has 3 rings (SSSR count). The van der Waals surface area contributed by atoms with Gasteiger partial charge in [0.2, 0.25) is 5.91 Å². The van der Waals surface area contributed by atoms with Gasteiger partial charge in [0.15, 0.2) is 0 Å². The van der Waals surface area contributed by atoms with E-state index in [0.29, 0.717) is 11.6 Å². The lowest BCUT2D eigenvalue weighted by Gasteiger charge is -2.09. The first-order valence-corrected chi connectivity index (χ1v) is 8.27. The summed E-state index contributed by atoms with van der Waals surface area (Å²) in [5.41, 5.74) is 2.63. The molecule has 0 saturated heterocycles. The van der Waals surface area contributed by atoms with Crippen LogP contribution < -0.4 is 10.1 Å². The molecule has 0 fully saturated rings. The van der Waals surface area contributed by atoms with Crippen molar-refractivity contribution in [3.8, 4) is 5.75 Å². The first kappa shape index (κ1) is 15.8. The molecule has 0 aliphatic heterocycles. The number of aryl methyl sites for hydroxylation is 1. The number of halogens is 1. The Morgan fingerprint density at radius 1 is 1.30 bits per heavy atom. The SMILES string of the molecule is CC(=O)Nc1ccc(OCc2nc3cc(Cl)ccc3s2)cc1C. The molecule has 0 saturated carbocycles. The van der Waals surface area contributed by atoms with Gasteiger partial charge in [0.1, 0.15) is 17.4 Å². The Labute approximate surface area is 143 Å². The molecule has 3 aromatic rings. The molecule has 6 heteroatoms. The zero-order valence-electron chi connectivity index (χ0n) is 12.7. The highest BCUT2D eigenvalue weighted by atomic mass is 35.5. The van der Waals surface area contributed by atoms with Crippen molar-refractivity contribution in [2.45, 2.75) is 20.5 Å². The second-order valence-corrected chi connectivity index (χ2v) is 6.72. The molecule has 0 spiro atoms. The lowest BCUT2D eigenvalue weighted by molar-refractivity contribution is -0.114. The van der Waals surface area contributed by atoms with Crippen LogP contribution in [0.25, 0.3) is 10.2 Å². The number of ether oxygens (including phenoxy) is 1. The molecule has 1 N–H and O–H groups in total. The molecule has 1 heterocycles. The average Bonchev–Trinajstić information content (AvgIpc) is 2.89. The van der Waals surface area contributed by atoms with Gasteiger partial charge in [-0.3, -0.25) is 4.79 Å². The van der Waals surface area contributed by atoms with E-state index < -0.39 is 0 Å². The summed E-state index contributed by atoms with van der Waals surface area (Å²) < 4.78 is 6.88. The molecule has 0 radical (unpaired) electrons. The van der Waals surface area contributed by atoms with Gasteiger partial charge in [-0.2, -0.15) is 0 Å². The number of thiazole rings is 1. The first-order valence-electron chi connectivity index (χ1n) is 7.07. The summed E-state index contributed by atoms with van der Waals surface area (Å²) in [4.78, 5) is 15.6. The summed E-state index contributed by atoms with van der Waals surface area (Å²) in [6, 6.07) is 11.2. The van der Waals surface area contributed by atoms with Crippen LogP contribution in [0.4, 0.5) is 5.69 Å². The van der Waals surface area contributed by atoms with Crippen molar-refractivity contribution in [3.05, 3.63) is 52.0 Å². The summed E-state index contributed by atoms with van der Waals surface area (Å²) >= 11 is 7.56. The van der Waals surface area contributed by atoms with Crippen LogP contribution in [0.1, 0.15) is 17.5 Å². The van der Waals surface area contributed by atoms with Gasteiger partial charge in [0.25, 0.3) is 0 Å². The monoisotopic (exact) mass is 346 g/mol. The maximum absolute atomic E-state index is 11.1. The highest BCUT2D eigenvalue weighted by Crippen LogP contribution is 2.27. The van der Waals surface area contributed by atoms with Crippen LogP contribution in [-0.2, 0) is 11.4 Å². The lowest BCUT2D eigenvalue weighted by atomic mass is 10.2. The van der Waals surface area contributed by atoms with Crippen molar-refractivity contribution in [1.29, 1.82) is 0 Å². The van der Waals surface area contributed by atoms with E-state index in [1.54, 1.807) is 11.3 Å². The smallest absolute Gasteiger partial charge is 0.221 e. The summed E-state index contributed by atoms with van der Waals surface area (Å²) in [5.74, 6) is 0.656. The molecule has 1 aromatic heterocycles. The number of anilines is 1. The Bertz CT molecular complexity index is 876. The summed E-state index contributed by atoms with van der Waals surface area (Å²) in [5, 5.41) is 4.35. The lowest BCUT2D eigenvalue weighted by Crippen LogP contribution is -2.07. The van der Waals surface area contributed by atoms with E-state index in [2.05, 4.69) is 10.3 Å². The fraction of sp³-hybridized carbons (Fsp3) is 0.176. The largest absolute Gasteiger partial charge is 0.486 e. The van der Waals surface area contributed by atoms with Crippen molar-refractivity contribution in [2.24, 2.45) is 0 Å². The third-order valence-corrected chi connectivity index (χ3v) is 4.51. The molecular formula is C17H15ClN2O2S. The zero-order valence-corrected chi connectivity index (χ0v) is 14.3. The van der Waals surface area contributed by atoms with Gasteiger partial charge in [-0.1, -0.05) is 11.6 Å². The fourth-order valence-electron chi connectivity index (χ4n) is 2.21. The van der Waals surface area contributed by atoms with Gasteiger partial charge in [-0.15, -0.1) is 11.3 Å². The van der Waals surface area contributed by atoms with Crippen LogP contribution >= 0.6 is 22.9 Å². The van der Waals surface area contributed by atoms with Gasteiger partial charge in [-0.25, -0.2) is 4.98 Å². The van der Waals surface area contributed by atoms with Crippen LogP contribution in [0, 0.1) is 6.92 Å². The van der Waals surface area contributed by atoms with Gasteiger partial charge >= 0.3 is 0 Å². The molecule has 2 aromatic carbocycles. The van der Waals surface area contributed by atoms with Crippen LogP contribution in [0.2, 0.25) is 5.02 Å². The third kappa shape index (κ3) is 3.81. The van der Waals surface area contributed by atoms with Crippen molar-refractivity contribution in [1.82, 2.24) is 4.98 Å². The highest BCUT2D eigenvalue weighted by molar-refractivity contribution is 7.18. The Hall–Kier alpha value is -2.11. The van der Waals surface area contributed by atoms with E-state index in [-0.39, 0.29) is 5.91 Å². The van der Waals surface area contributed by atoms with E-state index in [1.165, 1.54) is 6.92 Å². The number of amides is 1. The molecule has 0 bridgehead atoms. The van der Waals surface area contributed by atoms with Crippen LogP contribution in [0.15, 0.2) is 36.4 Å². The molecule has 23 heavy (non-hydrogen) atoms. The topological polar surface area (TPSA) is 51.2 Å². The van der Waals surface area contributed by atoms with Gasteiger partial charge in [0, 0.05) is 17.6 Å². The predicted molar refractivity (Wildman–Crippen MR) is 94.4 cm³/mol. The second-order valence-electron chi connectivity index (χ2n) is 5.17. The maximum atomic E-state index is 11.1. The minimum Gasteiger partial charge on any atom is -0.486 e. The van der Waals surface area contributed by atoms with Crippen molar-refractivity contribution in [3.63, 3.8) is 0 Å². The number of carbonyl (C=O) groups is 1. The first-order chi connectivity index (χ1) is 11.0. The normalized spacial score (nSPS) is 10.7. The molecule has 0 atom stereocenters. The fourth-order valence-corrected chi connectivity index (χ4v) is 3.24. The van der Waals surface area contributed by atoms with E-state index in [9.17, 15) is 4.79 Å². The Morgan fingerprint density at radius 2 is 2.13 bits per heavy atom. The summed E-state index contributed by atoms with van der Waals surface area (Å²) in [7, 11) is 0. The Balaban J connectivity index is 1.71. The van der Waals surface area contributed by atoms with E-state index >= 15 is 0 Å². The van der Waals surface area contributed by atoms with Gasteiger partial charge in [0.05, 0.1) is 10.2 Å². The van der Waals surface area contributed by atoms with Crippen molar-refractivity contribution in [2.75, 3.05) is 5.32 Å². The van der Waals surface area contributed by atoms with Crippen LogP contribution in [0.3, 0.4) is 0 Å². The highest BCUT2D eigenvalue weighted by Gasteiger charge is 2.07. The summed E-state index contributed by atoms with van der Waals surface area (Å²) in [6.07, 6.45) is 0. The van der Waals surface area contributed by atoms with Crippen LogP contribution in [0.5, 0.6) is 5.75 Å². The molecule has 118 valence electrons. The number of hydrogen-bond donors (Lipinski definition) is 1. The molecule has 0 aliphatic carbocycles. The molecule has 0 unspecified atom stereocenters. The zero-order chi connectivity index (χ0) is 16.4. The molecule has 4 nitrogen and oxygen atoms in total. The standard InChI is InChI=1S/C17H15ClN2O2S/c1-10-7-13(4-5-14(10)19-11(2)21)22-9-17-20-15-8-12(18)3-6-16(15)23-17/h3-8H,9H2,1-2H3,(H,19,21). The second kappa shape index (κ2) is 6.56. The number of fused-ring (bicyclic) bond motifs is 1. The number of rotatable bonds is 4. The number of carbonyl (C=O) groups excluding carboxylic acids is 1. The molecular weight excluding hydrogens is 332 g/mol. The predicted octanol–water partition coefficient (Wildman–Crippen LogP) is 4.80. The molecule has 1 amide bonds. The van der Waals surface area contributed by atoms with Gasteiger partial charge < -0.3 is 10.1 Å². The average molecular weight is 347 g/mol.